The van der Waals surface area contributed by atoms with Crippen LogP contribution in [0.25, 0.3) is 0 Å². The van der Waals surface area contributed by atoms with E-state index in [4.69, 9.17) is 10.2 Å². The Morgan fingerprint density at radius 2 is 1.70 bits per heavy atom. The summed E-state index contributed by atoms with van der Waals surface area (Å²) in [7, 11) is 0. The fraction of sp³-hybridized carbons (Fsp3) is 0.600. The van der Waals surface area contributed by atoms with Crippen LogP contribution in [0, 0.1) is 5.92 Å². The maximum absolute atomic E-state index is 12.2. The molecule has 0 aliphatic heterocycles. The predicted octanol–water partition coefficient (Wildman–Crippen LogP) is 0.130. The van der Waals surface area contributed by atoms with Gasteiger partial charge >= 0.3 is 11.9 Å². The second kappa shape index (κ2) is 3.14. The summed E-state index contributed by atoms with van der Waals surface area (Å²) >= 11 is 0. The highest BCUT2D eigenvalue weighted by molar-refractivity contribution is 5.81. The maximum Gasteiger partial charge on any atom is 0.339 e. The third kappa shape index (κ3) is 2.00. The van der Waals surface area contributed by atoms with Crippen molar-refractivity contribution in [3.8, 4) is 0 Å². The molecule has 2 N–H and O–H groups in total. The Bertz CT molecular complexity index is 138. The fourth-order valence-corrected chi connectivity index (χ4v) is 0.339. The summed E-state index contributed by atoms with van der Waals surface area (Å²) in [6.07, 6.45) is -2.32. The molecule has 0 aromatic carbocycles. The number of carboxylic acid groups (broad SMARTS) is 2. The van der Waals surface area contributed by atoms with E-state index in [1.54, 1.807) is 0 Å². The molecule has 0 bridgehead atoms. The van der Waals surface area contributed by atoms with Crippen LogP contribution >= 0.6 is 0 Å². The van der Waals surface area contributed by atoms with E-state index >= 15 is 0 Å². The van der Waals surface area contributed by atoms with Crippen LogP contribution in [-0.4, -0.2) is 28.3 Å². The SMILES string of the molecule is CC(C(=O)O)[C@@H](F)C(=O)O. The summed E-state index contributed by atoms with van der Waals surface area (Å²) in [6.45, 7) is 1.00. The van der Waals surface area contributed by atoms with Crippen LogP contribution in [0.5, 0.6) is 0 Å². The van der Waals surface area contributed by atoms with Crippen LogP contribution in [0.1, 0.15) is 6.92 Å². The number of hydrogen-bond donors (Lipinski definition) is 2. The molecular formula is C5H7FO4. The zero-order chi connectivity index (χ0) is 8.31. The molecule has 0 heterocycles. The Kier molecular flexibility index (Phi) is 2.79. The van der Waals surface area contributed by atoms with Gasteiger partial charge in [0.05, 0.1) is 5.92 Å². The molecule has 0 rings (SSSR count). The van der Waals surface area contributed by atoms with Crippen molar-refractivity contribution in [2.45, 2.75) is 13.1 Å². The number of carbonyl (C=O) groups is 2. The van der Waals surface area contributed by atoms with E-state index in [0.717, 1.165) is 6.92 Å². The van der Waals surface area contributed by atoms with Crippen LogP contribution in [0.4, 0.5) is 4.39 Å². The summed E-state index contributed by atoms with van der Waals surface area (Å²) in [5.41, 5.74) is 0. The molecule has 0 saturated carbocycles. The fourth-order valence-electron chi connectivity index (χ4n) is 0.339. The predicted molar refractivity (Wildman–Crippen MR) is 29.3 cm³/mol. The highest BCUT2D eigenvalue weighted by atomic mass is 19.1. The van der Waals surface area contributed by atoms with Crippen molar-refractivity contribution in [3.05, 3.63) is 0 Å². The van der Waals surface area contributed by atoms with Gasteiger partial charge < -0.3 is 10.2 Å². The van der Waals surface area contributed by atoms with E-state index in [0.29, 0.717) is 0 Å². The Labute approximate surface area is 56.3 Å². The van der Waals surface area contributed by atoms with Gasteiger partial charge in [-0.15, -0.1) is 0 Å². The second-order valence-corrected chi connectivity index (χ2v) is 1.87. The molecule has 5 heteroatoms. The van der Waals surface area contributed by atoms with Gasteiger partial charge in [-0.05, 0) is 6.92 Å². The first-order valence-corrected chi connectivity index (χ1v) is 2.56. The van der Waals surface area contributed by atoms with Gasteiger partial charge in [0.2, 0.25) is 6.17 Å². The van der Waals surface area contributed by atoms with Crippen LogP contribution in [0.15, 0.2) is 0 Å². The van der Waals surface area contributed by atoms with Crippen LogP contribution < -0.4 is 0 Å². The van der Waals surface area contributed by atoms with Gasteiger partial charge in [-0.3, -0.25) is 4.79 Å². The van der Waals surface area contributed by atoms with E-state index in [1.807, 2.05) is 0 Å². The molecule has 0 aliphatic rings. The Balaban J connectivity index is 4.07. The molecule has 4 nitrogen and oxygen atoms in total. The highest BCUT2D eigenvalue weighted by Gasteiger charge is 2.29. The quantitative estimate of drug-likeness (QED) is 0.599. The number of rotatable bonds is 3. The van der Waals surface area contributed by atoms with Crippen molar-refractivity contribution < 1.29 is 24.2 Å². The standard InChI is InChI=1S/C5H7FO4/c1-2(4(7)8)3(6)5(9)10/h2-3H,1H3,(H,7,8)(H,9,10)/t2?,3-/m1/s1. The molecule has 0 aromatic rings. The zero-order valence-corrected chi connectivity index (χ0v) is 5.24. The molecule has 10 heavy (non-hydrogen) atoms. The third-order valence-electron chi connectivity index (χ3n) is 1.06. The van der Waals surface area contributed by atoms with Gasteiger partial charge in [0.1, 0.15) is 0 Å². The number of alkyl halides is 1. The molecule has 2 atom stereocenters. The zero-order valence-electron chi connectivity index (χ0n) is 5.24. The lowest BCUT2D eigenvalue weighted by molar-refractivity contribution is -0.153. The molecule has 0 amide bonds. The summed E-state index contributed by atoms with van der Waals surface area (Å²) in [5, 5.41) is 16.1. The van der Waals surface area contributed by atoms with Crippen molar-refractivity contribution in [2.24, 2.45) is 5.92 Å². The van der Waals surface area contributed by atoms with Crippen molar-refractivity contribution >= 4 is 11.9 Å². The van der Waals surface area contributed by atoms with Crippen LogP contribution in [-0.2, 0) is 9.59 Å². The van der Waals surface area contributed by atoms with Crippen LogP contribution in [0.2, 0.25) is 0 Å². The number of halogens is 1. The van der Waals surface area contributed by atoms with Crippen molar-refractivity contribution in [1.82, 2.24) is 0 Å². The minimum absolute atomic E-state index is 1.00. The molecule has 0 spiro atoms. The van der Waals surface area contributed by atoms with E-state index in [2.05, 4.69) is 0 Å². The van der Waals surface area contributed by atoms with Gasteiger partial charge in [-0.1, -0.05) is 0 Å². The van der Waals surface area contributed by atoms with E-state index in [9.17, 15) is 14.0 Å². The number of aliphatic carboxylic acids is 2. The number of hydrogen-bond acceptors (Lipinski definition) is 2. The molecular weight excluding hydrogens is 143 g/mol. The molecule has 0 aromatic heterocycles. The van der Waals surface area contributed by atoms with Crippen molar-refractivity contribution in [3.63, 3.8) is 0 Å². The van der Waals surface area contributed by atoms with Gasteiger partial charge in [0, 0.05) is 0 Å². The molecule has 0 aliphatic carbocycles. The summed E-state index contributed by atoms with van der Waals surface area (Å²) in [4.78, 5) is 19.7. The Morgan fingerprint density at radius 1 is 1.30 bits per heavy atom. The Morgan fingerprint density at radius 3 is 1.80 bits per heavy atom. The van der Waals surface area contributed by atoms with E-state index in [-0.39, 0.29) is 0 Å². The summed E-state index contributed by atoms with van der Waals surface area (Å²) in [6, 6.07) is 0. The van der Waals surface area contributed by atoms with E-state index < -0.39 is 24.0 Å². The average molecular weight is 150 g/mol. The van der Waals surface area contributed by atoms with Crippen LogP contribution in [0.3, 0.4) is 0 Å². The van der Waals surface area contributed by atoms with Gasteiger partial charge in [0.15, 0.2) is 0 Å². The number of carboxylic acids is 2. The minimum atomic E-state index is -2.32. The van der Waals surface area contributed by atoms with Crippen molar-refractivity contribution in [1.29, 1.82) is 0 Å². The maximum atomic E-state index is 12.2. The Hall–Kier alpha value is -1.13. The van der Waals surface area contributed by atoms with Gasteiger partial charge in [-0.25, -0.2) is 9.18 Å². The first kappa shape index (κ1) is 8.87. The second-order valence-electron chi connectivity index (χ2n) is 1.87. The lowest BCUT2D eigenvalue weighted by atomic mass is 10.1. The first-order chi connectivity index (χ1) is 4.46. The summed E-state index contributed by atoms with van der Waals surface area (Å²) in [5.74, 6) is -4.68. The van der Waals surface area contributed by atoms with Gasteiger partial charge in [0.25, 0.3) is 0 Å². The molecule has 0 fully saturated rings. The van der Waals surface area contributed by atoms with E-state index in [1.165, 1.54) is 0 Å². The lowest BCUT2D eigenvalue weighted by Gasteiger charge is -2.05. The third-order valence-corrected chi connectivity index (χ3v) is 1.06. The molecule has 1 unspecified atom stereocenters. The largest absolute Gasteiger partial charge is 0.481 e. The molecule has 0 radical (unpaired) electrons. The summed E-state index contributed by atoms with van der Waals surface area (Å²) < 4.78 is 12.2. The average Bonchev–Trinajstić information content (AvgIpc) is 1.84. The molecule has 58 valence electrons. The molecule has 0 saturated heterocycles. The normalized spacial score (nSPS) is 15.8. The topological polar surface area (TPSA) is 74.6 Å². The van der Waals surface area contributed by atoms with Gasteiger partial charge in [-0.2, -0.15) is 0 Å². The minimum Gasteiger partial charge on any atom is -0.481 e. The lowest BCUT2D eigenvalue weighted by Crippen LogP contribution is -2.28. The smallest absolute Gasteiger partial charge is 0.339 e. The monoisotopic (exact) mass is 150 g/mol. The first-order valence-electron chi connectivity index (χ1n) is 2.56. The highest BCUT2D eigenvalue weighted by Crippen LogP contribution is 2.06. The van der Waals surface area contributed by atoms with Crippen molar-refractivity contribution in [2.75, 3.05) is 0 Å².